The van der Waals surface area contributed by atoms with Gasteiger partial charge in [-0.15, -0.1) is 0 Å². The number of aryl methyl sites for hydroxylation is 1. The first kappa shape index (κ1) is 12.8. The Morgan fingerprint density at radius 3 is 2.50 bits per heavy atom. The lowest BCUT2D eigenvalue weighted by Gasteiger charge is -2.07. The Labute approximate surface area is 110 Å². The fourth-order valence-electron chi connectivity index (χ4n) is 1.63. The zero-order valence-electron chi connectivity index (χ0n) is 10.9. The summed E-state index contributed by atoms with van der Waals surface area (Å²) < 4.78 is 1.81. The molecule has 0 bridgehead atoms. The number of hydrogen-bond acceptors (Lipinski definition) is 6. The summed E-state index contributed by atoms with van der Waals surface area (Å²) in [5.74, 6) is 6.71. The van der Waals surface area contributed by atoms with Crippen LogP contribution in [0.3, 0.4) is 0 Å². The van der Waals surface area contributed by atoms with Crippen LogP contribution < -0.4 is 11.3 Å². The van der Waals surface area contributed by atoms with Crippen molar-refractivity contribution in [1.82, 2.24) is 19.7 Å². The molecule has 18 heavy (non-hydrogen) atoms. The fourth-order valence-corrected chi connectivity index (χ4v) is 2.00. The first-order valence-electron chi connectivity index (χ1n) is 5.49. The minimum atomic E-state index is 0.578. The molecule has 0 atom stereocenters. The van der Waals surface area contributed by atoms with Gasteiger partial charge < -0.3 is 5.43 Å². The van der Waals surface area contributed by atoms with Gasteiger partial charge in [0, 0.05) is 11.8 Å². The van der Waals surface area contributed by atoms with Gasteiger partial charge in [0.25, 0.3) is 0 Å². The van der Waals surface area contributed by atoms with E-state index >= 15 is 0 Å². The van der Waals surface area contributed by atoms with Crippen molar-refractivity contribution >= 4 is 17.6 Å². The number of nitrogens with one attached hydrogen (secondary N) is 1. The molecule has 2 rings (SSSR count). The molecule has 6 nitrogen and oxygen atoms in total. The van der Waals surface area contributed by atoms with E-state index in [1.54, 1.807) is 6.07 Å². The van der Waals surface area contributed by atoms with Gasteiger partial charge in [0.1, 0.15) is 5.82 Å². The van der Waals surface area contributed by atoms with E-state index in [1.165, 1.54) is 17.3 Å². The summed E-state index contributed by atoms with van der Waals surface area (Å²) in [6.07, 6.45) is 1.92. The lowest BCUT2D eigenvalue weighted by atomic mass is 10.2. The molecule has 0 saturated heterocycles. The van der Waals surface area contributed by atoms with Gasteiger partial charge in [-0.3, -0.25) is 0 Å². The molecular weight excluding hydrogens is 248 g/mol. The number of hydrazine groups is 1. The number of nitrogens with two attached hydrogens (primary N) is 1. The number of thioether (sulfide) groups is 1. The van der Waals surface area contributed by atoms with Crippen molar-refractivity contribution in [3.63, 3.8) is 0 Å². The van der Waals surface area contributed by atoms with E-state index in [0.717, 1.165) is 17.2 Å². The lowest BCUT2D eigenvalue weighted by Crippen LogP contribution is -2.12. The Kier molecular flexibility index (Phi) is 3.53. The normalized spacial score (nSPS) is 10.7. The van der Waals surface area contributed by atoms with Crippen molar-refractivity contribution in [3.05, 3.63) is 23.0 Å². The molecule has 3 N–H and O–H groups in total. The molecule has 0 radical (unpaired) electrons. The summed E-state index contributed by atoms with van der Waals surface area (Å²) in [6.45, 7) is 6.05. The van der Waals surface area contributed by atoms with E-state index in [9.17, 15) is 0 Å². The highest BCUT2D eigenvalue weighted by atomic mass is 32.2. The summed E-state index contributed by atoms with van der Waals surface area (Å²) in [6, 6.07) is 1.78. The maximum absolute atomic E-state index is 5.41. The number of nitrogens with zero attached hydrogens (tertiary/aromatic N) is 4. The monoisotopic (exact) mass is 264 g/mol. The number of nitrogen functional groups attached to an aromatic ring is 1. The Morgan fingerprint density at radius 1 is 1.28 bits per heavy atom. The third kappa shape index (κ3) is 2.19. The molecule has 2 heterocycles. The lowest BCUT2D eigenvalue weighted by molar-refractivity contribution is 0.777. The van der Waals surface area contributed by atoms with Gasteiger partial charge in [-0.05, 0) is 32.6 Å². The quantitative estimate of drug-likeness (QED) is 0.379. The van der Waals surface area contributed by atoms with Gasteiger partial charge in [-0.1, -0.05) is 11.8 Å². The van der Waals surface area contributed by atoms with Crippen LogP contribution >= 0.6 is 11.8 Å². The van der Waals surface area contributed by atoms with Gasteiger partial charge >= 0.3 is 0 Å². The van der Waals surface area contributed by atoms with Crippen LogP contribution in [0.2, 0.25) is 0 Å². The Bertz CT molecular complexity index is 555. The Hall–Kier alpha value is -1.60. The second kappa shape index (κ2) is 4.95. The highest BCUT2D eigenvalue weighted by Crippen LogP contribution is 2.19. The van der Waals surface area contributed by atoms with Crippen molar-refractivity contribution < 1.29 is 0 Å². The van der Waals surface area contributed by atoms with E-state index in [-0.39, 0.29) is 0 Å². The van der Waals surface area contributed by atoms with Gasteiger partial charge in [0.2, 0.25) is 0 Å². The van der Waals surface area contributed by atoms with Crippen molar-refractivity contribution in [1.29, 1.82) is 0 Å². The maximum Gasteiger partial charge on any atom is 0.191 e. The first-order valence-corrected chi connectivity index (χ1v) is 6.72. The molecule has 0 aliphatic heterocycles. The Morgan fingerprint density at radius 2 is 2.00 bits per heavy atom. The summed E-state index contributed by atoms with van der Waals surface area (Å²) in [7, 11) is 0. The van der Waals surface area contributed by atoms with E-state index < -0.39 is 0 Å². The second-order valence-electron chi connectivity index (χ2n) is 3.95. The number of aromatic nitrogens is 4. The predicted octanol–water partition coefficient (Wildman–Crippen LogP) is 1.60. The average molecular weight is 264 g/mol. The molecule has 2 aromatic heterocycles. The highest BCUT2D eigenvalue weighted by Gasteiger charge is 2.12. The summed E-state index contributed by atoms with van der Waals surface area (Å²) in [5, 5.41) is 5.14. The summed E-state index contributed by atoms with van der Waals surface area (Å²) in [5.41, 5.74) is 5.78. The second-order valence-corrected chi connectivity index (χ2v) is 4.72. The molecule has 0 spiro atoms. The van der Waals surface area contributed by atoms with Crippen LogP contribution in [0.15, 0.2) is 11.2 Å². The topological polar surface area (TPSA) is 81.6 Å². The standard InChI is InChI=1S/C11H16N6S/c1-6-7(2)16-17(8(6)3)10-5-9(15-12)13-11(14-10)18-4/h5H,12H2,1-4H3,(H,13,14,15). The molecule has 0 saturated carbocycles. The molecular formula is C11H16N6S. The van der Waals surface area contributed by atoms with Gasteiger partial charge in [-0.25, -0.2) is 20.5 Å². The zero-order chi connectivity index (χ0) is 13.3. The van der Waals surface area contributed by atoms with Crippen LogP contribution in [0.1, 0.15) is 17.0 Å². The average Bonchev–Trinajstić information content (AvgIpc) is 2.65. The smallest absolute Gasteiger partial charge is 0.191 e. The molecule has 0 aromatic carbocycles. The van der Waals surface area contributed by atoms with Crippen molar-refractivity contribution in [2.45, 2.75) is 25.9 Å². The van der Waals surface area contributed by atoms with Crippen molar-refractivity contribution in [2.24, 2.45) is 5.84 Å². The van der Waals surface area contributed by atoms with Crippen LogP contribution in [0.5, 0.6) is 0 Å². The Balaban J connectivity index is 2.59. The molecule has 96 valence electrons. The molecule has 0 aliphatic carbocycles. The summed E-state index contributed by atoms with van der Waals surface area (Å²) in [4.78, 5) is 8.67. The first-order chi connectivity index (χ1) is 8.56. The molecule has 0 aliphatic rings. The van der Waals surface area contributed by atoms with Crippen LogP contribution in [0, 0.1) is 20.8 Å². The van der Waals surface area contributed by atoms with E-state index in [2.05, 4.69) is 20.5 Å². The van der Waals surface area contributed by atoms with Crippen LogP contribution in [0.25, 0.3) is 5.82 Å². The SMILES string of the molecule is CSc1nc(NN)cc(-n2nc(C)c(C)c2C)n1. The number of rotatable bonds is 3. The van der Waals surface area contributed by atoms with E-state index in [4.69, 9.17) is 5.84 Å². The fraction of sp³-hybridized carbons (Fsp3) is 0.364. The van der Waals surface area contributed by atoms with Crippen molar-refractivity contribution in [2.75, 3.05) is 11.7 Å². The summed E-state index contributed by atoms with van der Waals surface area (Å²) >= 11 is 1.47. The third-order valence-corrected chi connectivity index (χ3v) is 3.44. The highest BCUT2D eigenvalue weighted by molar-refractivity contribution is 7.98. The van der Waals surface area contributed by atoms with Crippen LogP contribution in [-0.4, -0.2) is 26.0 Å². The molecule has 0 amide bonds. The minimum absolute atomic E-state index is 0.578. The number of hydrogen-bond donors (Lipinski definition) is 2. The minimum Gasteiger partial charge on any atom is -0.308 e. The van der Waals surface area contributed by atoms with Crippen molar-refractivity contribution in [3.8, 4) is 5.82 Å². The zero-order valence-corrected chi connectivity index (χ0v) is 11.7. The van der Waals surface area contributed by atoms with Gasteiger partial charge in [-0.2, -0.15) is 5.10 Å². The largest absolute Gasteiger partial charge is 0.308 e. The molecule has 2 aromatic rings. The molecule has 0 unspecified atom stereocenters. The van der Waals surface area contributed by atoms with Gasteiger partial charge in [0.15, 0.2) is 11.0 Å². The third-order valence-electron chi connectivity index (χ3n) is 2.89. The molecule has 7 heteroatoms. The van der Waals surface area contributed by atoms with E-state index in [0.29, 0.717) is 11.0 Å². The van der Waals surface area contributed by atoms with Crippen LogP contribution in [0.4, 0.5) is 5.82 Å². The maximum atomic E-state index is 5.41. The molecule has 0 fully saturated rings. The predicted molar refractivity (Wildman–Crippen MR) is 73.0 cm³/mol. The van der Waals surface area contributed by atoms with Crippen LogP contribution in [-0.2, 0) is 0 Å². The number of anilines is 1. The van der Waals surface area contributed by atoms with E-state index in [1.807, 2.05) is 31.7 Å². The van der Waals surface area contributed by atoms with Gasteiger partial charge in [0.05, 0.1) is 5.69 Å².